The van der Waals surface area contributed by atoms with Crippen LogP contribution in [0.25, 0.3) is 0 Å². The quantitative estimate of drug-likeness (QED) is 0.250. The number of guanidine groups is 1. The normalized spacial score (nSPS) is 12.1. The number of hydrogen-bond acceptors (Lipinski definition) is 4. The molecule has 0 saturated carbocycles. The summed E-state index contributed by atoms with van der Waals surface area (Å²) in [6.07, 6.45) is -2.88. The van der Waals surface area contributed by atoms with Crippen LogP contribution >= 0.6 is 24.0 Å². The molecule has 1 N–H and O–H groups in total. The molecule has 0 atom stereocenters. The van der Waals surface area contributed by atoms with Crippen LogP contribution < -0.4 is 5.32 Å². The number of aromatic nitrogens is 2. The monoisotopic (exact) mass is 525 g/mol. The zero-order valence-corrected chi connectivity index (χ0v) is 19.3. The van der Waals surface area contributed by atoms with Crippen molar-refractivity contribution in [3.8, 4) is 0 Å². The zero-order valence-electron chi connectivity index (χ0n) is 17.0. The molecule has 1 aromatic carbocycles. The van der Waals surface area contributed by atoms with Crippen LogP contribution in [0.3, 0.4) is 0 Å². The van der Waals surface area contributed by atoms with Crippen LogP contribution in [0, 0.1) is 0 Å². The summed E-state index contributed by atoms with van der Waals surface area (Å²) in [5.74, 6) is 2.20. The molecule has 10 heteroatoms. The molecule has 1 aromatic heterocycles. The van der Waals surface area contributed by atoms with E-state index >= 15 is 0 Å². The third kappa shape index (κ3) is 7.82. The van der Waals surface area contributed by atoms with Gasteiger partial charge in [0.15, 0.2) is 11.8 Å². The third-order valence-corrected chi connectivity index (χ3v) is 4.13. The highest BCUT2D eigenvalue weighted by atomic mass is 127. The van der Waals surface area contributed by atoms with Crippen LogP contribution in [0.15, 0.2) is 33.8 Å². The fourth-order valence-corrected chi connectivity index (χ4v) is 2.58. The van der Waals surface area contributed by atoms with Gasteiger partial charge in [-0.25, -0.2) is 0 Å². The molecule has 0 radical (unpaired) electrons. The van der Waals surface area contributed by atoms with Gasteiger partial charge in [0.25, 0.3) is 0 Å². The number of alkyl halides is 3. The van der Waals surface area contributed by atoms with E-state index in [0.717, 1.165) is 24.1 Å². The molecule has 0 unspecified atom stereocenters. The van der Waals surface area contributed by atoms with Crippen LogP contribution in [0.2, 0.25) is 0 Å². The van der Waals surface area contributed by atoms with Gasteiger partial charge in [0, 0.05) is 39.5 Å². The maximum absolute atomic E-state index is 12.6. The van der Waals surface area contributed by atoms with Gasteiger partial charge >= 0.3 is 6.18 Å². The van der Waals surface area contributed by atoms with E-state index in [1.165, 1.54) is 12.1 Å². The summed E-state index contributed by atoms with van der Waals surface area (Å²) in [6, 6.07) is 5.15. The Morgan fingerprint density at radius 1 is 1.24 bits per heavy atom. The molecule has 2 rings (SSSR count). The van der Waals surface area contributed by atoms with E-state index in [9.17, 15) is 13.2 Å². The summed E-state index contributed by atoms with van der Waals surface area (Å²) >= 11 is 0. The summed E-state index contributed by atoms with van der Waals surface area (Å²) < 4.78 is 43.1. The Bertz CT molecular complexity index is 775. The maximum atomic E-state index is 12.6. The molecule has 0 spiro atoms. The van der Waals surface area contributed by atoms with Gasteiger partial charge < -0.3 is 14.7 Å². The second kappa shape index (κ2) is 11.4. The molecule has 0 bridgehead atoms. The van der Waals surface area contributed by atoms with Gasteiger partial charge in [0.05, 0.1) is 5.56 Å². The van der Waals surface area contributed by atoms with E-state index in [-0.39, 0.29) is 29.9 Å². The number of aliphatic imine (C=N–C) groups is 1. The predicted octanol–water partition coefficient (Wildman–Crippen LogP) is 4.47. The fraction of sp³-hybridized carbons (Fsp3) is 0.526. The molecule has 0 amide bonds. The van der Waals surface area contributed by atoms with Crippen LogP contribution in [0.1, 0.15) is 49.0 Å². The van der Waals surface area contributed by atoms with Crippen LogP contribution in [0.4, 0.5) is 13.2 Å². The molecule has 0 aliphatic heterocycles. The number of benzene rings is 1. The summed E-state index contributed by atoms with van der Waals surface area (Å²) in [5, 5.41) is 7.16. The Kier molecular flexibility index (Phi) is 9.87. The highest BCUT2D eigenvalue weighted by Gasteiger charge is 2.29. The highest BCUT2D eigenvalue weighted by molar-refractivity contribution is 14.0. The largest absolute Gasteiger partial charge is 0.416 e. The number of nitrogens with zero attached hydrogens (tertiary/aromatic N) is 4. The van der Waals surface area contributed by atoms with Crippen molar-refractivity contribution in [2.75, 3.05) is 20.6 Å². The van der Waals surface area contributed by atoms with Crippen LogP contribution in [0.5, 0.6) is 0 Å². The average molecular weight is 525 g/mol. The van der Waals surface area contributed by atoms with E-state index in [1.807, 2.05) is 25.8 Å². The number of halogens is 4. The Labute approximate surface area is 186 Å². The van der Waals surface area contributed by atoms with Crippen molar-refractivity contribution in [2.24, 2.45) is 4.99 Å². The Balaban J connectivity index is 0.00000420. The standard InChI is InChI=1S/C19H26F3N5O.HI/c1-13(2)17-25-16(28-26-17)6-5-11-24-18(23-3)27(4)12-14-7-9-15(10-8-14)19(20,21)22;/h7-10,13H,5-6,11-12H2,1-4H3,(H,23,24);1H. The minimum absolute atomic E-state index is 0. The van der Waals surface area contributed by atoms with Gasteiger partial charge in [-0.05, 0) is 24.1 Å². The molecule has 29 heavy (non-hydrogen) atoms. The fourth-order valence-electron chi connectivity index (χ4n) is 2.58. The van der Waals surface area contributed by atoms with Gasteiger partial charge in [-0.2, -0.15) is 18.2 Å². The van der Waals surface area contributed by atoms with E-state index in [4.69, 9.17) is 4.52 Å². The molecule has 1 heterocycles. The van der Waals surface area contributed by atoms with Crippen LogP contribution in [-0.4, -0.2) is 41.6 Å². The summed E-state index contributed by atoms with van der Waals surface area (Å²) in [5.41, 5.74) is 0.119. The van der Waals surface area contributed by atoms with E-state index in [0.29, 0.717) is 37.2 Å². The van der Waals surface area contributed by atoms with E-state index in [2.05, 4.69) is 20.4 Å². The minimum Gasteiger partial charge on any atom is -0.356 e. The molecule has 0 fully saturated rings. The average Bonchev–Trinajstić information content (AvgIpc) is 3.10. The lowest BCUT2D eigenvalue weighted by Crippen LogP contribution is -2.39. The molecule has 0 aliphatic carbocycles. The third-order valence-electron chi connectivity index (χ3n) is 4.13. The summed E-state index contributed by atoms with van der Waals surface area (Å²) in [7, 11) is 3.50. The second-order valence-corrected chi connectivity index (χ2v) is 6.83. The minimum atomic E-state index is -4.32. The Hall–Kier alpha value is -1.85. The Morgan fingerprint density at radius 3 is 2.41 bits per heavy atom. The molecule has 0 aliphatic rings. The summed E-state index contributed by atoms with van der Waals surface area (Å²) in [4.78, 5) is 10.4. The van der Waals surface area contributed by atoms with Crippen molar-refractivity contribution >= 4 is 29.9 Å². The number of rotatable bonds is 7. The van der Waals surface area contributed by atoms with Crippen molar-refractivity contribution in [3.63, 3.8) is 0 Å². The first-order chi connectivity index (χ1) is 13.2. The van der Waals surface area contributed by atoms with Crippen molar-refractivity contribution in [2.45, 2.75) is 45.3 Å². The lowest BCUT2D eigenvalue weighted by atomic mass is 10.1. The smallest absolute Gasteiger partial charge is 0.356 e. The highest BCUT2D eigenvalue weighted by Crippen LogP contribution is 2.29. The van der Waals surface area contributed by atoms with Gasteiger partial charge in [-0.15, -0.1) is 24.0 Å². The molecule has 162 valence electrons. The lowest BCUT2D eigenvalue weighted by Gasteiger charge is -2.22. The Morgan fingerprint density at radius 2 is 1.90 bits per heavy atom. The molecular weight excluding hydrogens is 498 g/mol. The first-order valence-electron chi connectivity index (χ1n) is 9.11. The topological polar surface area (TPSA) is 66.5 Å². The number of aryl methyl sites for hydroxylation is 1. The first kappa shape index (κ1) is 25.2. The SMILES string of the molecule is CN=C(NCCCc1nc(C(C)C)no1)N(C)Cc1ccc(C(F)(F)F)cc1.I. The molecular formula is C19H27F3IN5O. The maximum Gasteiger partial charge on any atom is 0.416 e. The van der Waals surface area contributed by atoms with Gasteiger partial charge in [-0.1, -0.05) is 31.1 Å². The predicted molar refractivity (Wildman–Crippen MR) is 116 cm³/mol. The van der Waals surface area contributed by atoms with Crippen molar-refractivity contribution in [1.29, 1.82) is 0 Å². The molecule has 2 aromatic rings. The summed E-state index contributed by atoms with van der Waals surface area (Å²) in [6.45, 7) is 5.11. The zero-order chi connectivity index (χ0) is 20.7. The van der Waals surface area contributed by atoms with Crippen LogP contribution in [-0.2, 0) is 19.1 Å². The molecule has 0 saturated heterocycles. The van der Waals surface area contributed by atoms with Crippen molar-refractivity contribution < 1.29 is 17.7 Å². The number of nitrogens with one attached hydrogen (secondary N) is 1. The van der Waals surface area contributed by atoms with E-state index in [1.54, 1.807) is 7.05 Å². The van der Waals surface area contributed by atoms with Gasteiger partial charge in [0.2, 0.25) is 5.89 Å². The lowest BCUT2D eigenvalue weighted by molar-refractivity contribution is -0.137. The first-order valence-corrected chi connectivity index (χ1v) is 9.11. The second-order valence-electron chi connectivity index (χ2n) is 6.83. The van der Waals surface area contributed by atoms with Gasteiger partial charge in [-0.3, -0.25) is 4.99 Å². The van der Waals surface area contributed by atoms with E-state index < -0.39 is 11.7 Å². The van der Waals surface area contributed by atoms with Crippen molar-refractivity contribution in [3.05, 3.63) is 47.1 Å². The molecule has 6 nitrogen and oxygen atoms in total. The number of hydrogen-bond donors (Lipinski definition) is 1. The van der Waals surface area contributed by atoms with Crippen molar-refractivity contribution in [1.82, 2.24) is 20.4 Å². The van der Waals surface area contributed by atoms with Gasteiger partial charge in [0.1, 0.15) is 0 Å².